The number of halogens is 2. The van der Waals surface area contributed by atoms with Crippen LogP contribution in [0.5, 0.6) is 0 Å². The molecule has 0 amide bonds. The highest BCUT2D eigenvalue weighted by Crippen LogP contribution is 2.22. The number of benzene rings is 1. The van der Waals surface area contributed by atoms with Gasteiger partial charge in [-0.3, -0.25) is 0 Å². The number of hydrogen-bond acceptors (Lipinski definition) is 2. The van der Waals surface area contributed by atoms with Crippen molar-refractivity contribution in [2.75, 3.05) is 0 Å². The standard InChI is InChI=1S/C11H10BrNS.ClH/c12-10-3-1-8(2-4-10)11(13)9-5-6-14-7-9;/h1-7,11H,13H2;1H/t11-;/m1./s1. The summed E-state index contributed by atoms with van der Waals surface area (Å²) in [4.78, 5) is 0. The summed E-state index contributed by atoms with van der Waals surface area (Å²) < 4.78 is 1.08. The zero-order valence-corrected chi connectivity index (χ0v) is 11.1. The topological polar surface area (TPSA) is 26.0 Å². The molecule has 0 spiro atoms. The summed E-state index contributed by atoms with van der Waals surface area (Å²) in [6.45, 7) is 0. The lowest BCUT2D eigenvalue weighted by Gasteiger charge is -2.09. The second-order valence-corrected chi connectivity index (χ2v) is 4.78. The Morgan fingerprint density at radius 2 is 1.73 bits per heavy atom. The van der Waals surface area contributed by atoms with Crippen molar-refractivity contribution in [1.29, 1.82) is 0 Å². The van der Waals surface area contributed by atoms with E-state index < -0.39 is 0 Å². The molecule has 1 atom stereocenters. The quantitative estimate of drug-likeness (QED) is 0.892. The van der Waals surface area contributed by atoms with Crippen LogP contribution in [0.15, 0.2) is 45.6 Å². The Kier molecular flexibility index (Phi) is 4.80. The van der Waals surface area contributed by atoms with Crippen LogP contribution >= 0.6 is 39.7 Å². The van der Waals surface area contributed by atoms with Crippen molar-refractivity contribution in [2.24, 2.45) is 5.73 Å². The first-order valence-corrected chi connectivity index (χ1v) is 6.04. The Morgan fingerprint density at radius 3 is 2.27 bits per heavy atom. The predicted octanol–water partition coefficient (Wildman–Crippen LogP) is 3.98. The molecule has 0 aliphatic heterocycles. The molecular formula is C11H11BrClNS. The third-order valence-corrected chi connectivity index (χ3v) is 3.36. The van der Waals surface area contributed by atoms with Crippen LogP contribution < -0.4 is 5.73 Å². The Hall–Kier alpha value is -0.350. The van der Waals surface area contributed by atoms with Gasteiger partial charge in [0.05, 0.1) is 6.04 Å². The fourth-order valence-electron chi connectivity index (χ4n) is 1.31. The van der Waals surface area contributed by atoms with Gasteiger partial charge in [-0.2, -0.15) is 11.3 Å². The van der Waals surface area contributed by atoms with Gasteiger partial charge in [0.2, 0.25) is 0 Å². The summed E-state index contributed by atoms with van der Waals surface area (Å²) in [5, 5.41) is 4.14. The van der Waals surface area contributed by atoms with Gasteiger partial charge in [-0.1, -0.05) is 28.1 Å². The molecule has 0 saturated heterocycles. The van der Waals surface area contributed by atoms with Gasteiger partial charge in [-0.15, -0.1) is 12.4 Å². The molecule has 0 fully saturated rings. The summed E-state index contributed by atoms with van der Waals surface area (Å²) in [7, 11) is 0. The molecule has 0 radical (unpaired) electrons. The van der Waals surface area contributed by atoms with Crippen molar-refractivity contribution in [1.82, 2.24) is 0 Å². The van der Waals surface area contributed by atoms with Gasteiger partial charge < -0.3 is 5.73 Å². The SMILES string of the molecule is Cl.N[C@H](c1ccc(Br)cc1)c1ccsc1. The van der Waals surface area contributed by atoms with Gasteiger partial charge in [0, 0.05) is 4.47 Å². The zero-order valence-electron chi connectivity index (χ0n) is 7.89. The number of thiophene rings is 1. The van der Waals surface area contributed by atoms with Crippen molar-refractivity contribution < 1.29 is 0 Å². The van der Waals surface area contributed by atoms with E-state index in [0.29, 0.717) is 0 Å². The Labute approximate surface area is 108 Å². The zero-order chi connectivity index (χ0) is 9.97. The lowest BCUT2D eigenvalue weighted by atomic mass is 10.0. The average molecular weight is 305 g/mol. The highest BCUT2D eigenvalue weighted by atomic mass is 79.9. The molecule has 1 aromatic carbocycles. The van der Waals surface area contributed by atoms with Crippen LogP contribution in [0.25, 0.3) is 0 Å². The first kappa shape index (κ1) is 12.7. The van der Waals surface area contributed by atoms with E-state index in [0.717, 1.165) is 10.0 Å². The molecule has 1 heterocycles. The molecule has 2 aromatic rings. The minimum Gasteiger partial charge on any atom is -0.320 e. The van der Waals surface area contributed by atoms with E-state index in [1.54, 1.807) is 11.3 Å². The van der Waals surface area contributed by atoms with Crippen LogP contribution in [0.2, 0.25) is 0 Å². The molecule has 4 heteroatoms. The summed E-state index contributed by atoms with van der Waals surface area (Å²) >= 11 is 5.08. The van der Waals surface area contributed by atoms with E-state index >= 15 is 0 Å². The van der Waals surface area contributed by atoms with Gasteiger partial charge in [0.15, 0.2) is 0 Å². The third kappa shape index (κ3) is 3.05. The fraction of sp³-hybridized carbons (Fsp3) is 0.0909. The maximum atomic E-state index is 6.10. The van der Waals surface area contributed by atoms with Crippen LogP contribution in [-0.4, -0.2) is 0 Å². The molecule has 0 bridgehead atoms. The van der Waals surface area contributed by atoms with E-state index in [-0.39, 0.29) is 18.4 Å². The largest absolute Gasteiger partial charge is 0.320 e. The molecule has 15 heavy (non-hydrogen) atoms. The number of rotatable bonds is 2. The van der Waals surface area contributed by atoms with Gasteiger partial charge in [-0.05, 0) is 40.1 Å². The van der Waals surface area contributed by atoms with Gasteiger partial charge >= 0.3 is 0 Å². The lowest BCUT2D eigenvalue weighted by molar-refractivity contribution is 0.876. The molecule has 2 N–H and O–H groups in total. The number of hydrogen-bond donors (Lipinski definition) is 1. The van der Waals surface area contributed by atoms with Gasteiger partial charge in [0.1, 0.15) is 0 Å². The van der Waals surface area contributed by atoms with Crippen molar-refractivity contribution >= 4 is 39.7 Å². The predicted molar refractivity (Wildman–Crippen MR) is 71.7 cm³/mol. The molecule has 1 aromatic heterocycles. The summed E-state index contributed by atoms with van der Waals surface area (Å²) in [6.07, 6.45) is 0. The molecular weight excluding hydrogens is 294 g/mol. The van der Waals surface area contributed by atoms with Crippen molar-refractivity contribution in [3.8, 4) is 0 Å². The molecule has 0 unspecified atom stereocenters. The van der Waals surface area contributed by atoms with Crippen LogP contribution in [0, 0.1) is 0 Å². The highest BCUT2D eigenvalue weighted by Gasteiger charge is 2.08. The Balaban J connectivity index is 0.00000112. The van der Waals surface area contributed by atoms with Gasteiger partial charge in [0.25, 0.3) is 0 Å². The summed E-state index contributed by atoms with van der Waals surface area (Å²) in [5.41, 5.74) is 8.43. The minimum atomic E-state index is -0.00523. The second kappa shape index (κ2) is 5.66. The lowest BCUT2D eigenvalue weighted by Crippen LogP contribution is -2.10. The maximum absolute atomic E-state index is 6.10. The minimum absolute atomic E-state index is 0. The molecule has 80 valence electrons. The van der Waals surface area contributed by atoms with E-state index in [1.165, 1.54) is 5.56 Å². The maximum Gasteiger partial charge on any atom is 0.0559 e. The summed E-state index contributed by atoms with van der Waals surface area (Å²) in [6, 6.07) is 10.2. The van der Waals surface area contributed by atoms with Crippen molar-refractivity contribution in [3.05, 3.63) is 56.7 Å². The van der Waals surface area contributed by atoms with Crippen LogP contribution in [0.3, 0.4) is 0 Å². The Bertz CT molecular complexity index is 399. The average Bonchev–Trinajstić information content (AvgIpc) is 2.71. The molecule has 0 aliphatic rings. The normalized spacial score (nSPS) is 11.9. The highest BCUT2D eigenvalue weighted by molar-refractivity contribution is 9.10. The van der Waals surface area contributed by atoms with E-state index in [1.807, 2.05) is 29.6 Å². The smallest absolute Gasteiger partial charge is 0.0559 e. The fourth-order valence-corrected chi connectivity index (χ4v) is 2.28. The van der Waals surface area contributed by atoms with Crippen molar-refractivity contribution in [3.63, 3.8) is 0 Å². The van der Waals surface area contributed by atoms with E-state index in [2.05, 4.69) is 27.4 Å². The summed E-state index contributed by atoms with van der Waals surface area (Å²) in [5.74, 6) is 0. The third-order valence-electron chi connectivity index (χ3n) is 2.13. The van der Waals surface area contributed by atoms with Crippen LogP contribution in [0.1, 0.15) is 17.2 Å². The van der Waals surface area contributed by atoms with Crippen LogP contribution in [0.4, 0.5) is 0 Å². The second-order valence-electron chi connectivity index (χ2n) is 3.09. The first-order chi connectivity index (χ1) is 6.77. The van der Waals surface area contributed by atoms with Gasteiger partial charge in [-0.25, -0.2) is 0 Å². The monoisotopic (exact) mass is 303 g/mol. The van der Waals surface area contributed by atoms with Crippen molar-refractivity contribution in [2.45, 2.75) is 6.04 Å². The van der Waals surface area contributed by atoms with E-state index in [9.17, 15) is 0 Å². The van der Waals surface area contributed by atoms with E-state index in [4.69, 9.17) is 5.73 Å². The molecule has 2 rings (SSSR count). The molecule has 0 saturated carbocycles. The molecule has 1 nitrogen and oxygen atoms in total. The molecule has 0 aliphatic carbocycles. The Morgan fingerprint density at radius 1 is 1.07 bits per heavy atom. The number of nitrogens with two attached hydrogens (primary N) is 1. The van der Waals surface area contributed by atoms with Crippen LogP contribution in [-0.2, 0) is 0 Å². The first-order valence-electron chi connectivity index (χ1n) is 4.30.